The van der Waals surface area contributed by atoms with Crippen LogP contribution in [-0.4, -0.2) is 15.8 Å². The van der Waals surface area contributed by atoms with E-state index in [1.165, 1.54) is 12.3 Å². The van der Waals surface area contributed by atoms with Gasteiger partial charge in [0.1, 0.15) is 17.7 Å². The summed E-state index contributed by atoms with van der Waals surface area (Å²) in [4.78, 5) is 19.3. The number of hydrogen-bond acceptors (Lipinski definition) is 3. The second-order valence-corrected chi connectivity index (χ2v) is 4.29. The van der Waals surface area contributed by atoms with Crippen LogP contribution in [-0.2, 0) is 0 Å². The monoisotopic (exact) mass is 252 g/mol. The van der Waals surface area contributed by atoms with Crippen molar-refractivity contribution in [3.05, 3.63) is 59.9 Å². The number of nitrogens with one attached hydrogen (secondary N) is 1. The number of aromatic amines is 1. The van der Waals surface area contributed by atoms with Crippen LogP contribution in [0.1, 0.15) is 21.9 Å². The van der Waals surface area contributed by atoms with E-state index in [9.17, 15) is 4.79 Å². The summed E-state index contributed by atoms with van der Waals surface area (Å²) in [5.74, 6) is 0.567. The van der Waals surface area contributed by atoms with E-state index in [2.05, 4.69) is 9.97 Å². The van der Waals surface area contributed by atoms with Gasteiger partial charge >= 0.3 is 0 Å². The third-order valence-electron chi connectivity index (χ3n) is 2.86. The highest BCUT2D eigenvalue weighted by molar-refractivity contribution is 6.14. The maximum Gasteiger partial charge on any atom is 0.189 e. The molecular weight excluding hydrogens is 240 g/mol. The lowest BCUT2D eigenvalue weighted by molar-refractivity contribution is 0.104. The molecule has 0 aliphatic carbocycles. The predicted molar refractivity (Wildman–Crippen MR) is 72.9 cm³/mol. The lowest BCUT2D eigenvalue weighted by atomic mass is 10.1. The molecule has 0 aliphatic heterocycles. The number of aryl methyl sites for hydroxylation is 1. The van der Waals surface area contributed by atoms with Crippen LogP contribution in [0.25, 0.3) is 17.0 Å². The molecule has 0 aliphatic rings. The zero-order valence-electron chi connectivity index (χ0n) is 10.4. The maximum absolute atomic E-state index is 12.1. The summed E-state index contributed by atoms with van der Waals surface area (Å²) in [5, 5.41) is 0.827. The fraction of sp³-hybridized carbons (Fsp3) is 0.0667. The first-order valence-electron chi connectivity index (χ1n) is 5.94. The number of carbonyl (C=O) groups is 1. The zero-order chi connectivity index (χ0) is 13.2. The van der Waals surface area contributed by atoms with Gasteiger partial charge in [0.2, 0.25) is 0 Å². The molecule has 0 saturated carbocycles. The fourth-order valence-corrected chi connectivity index (χ4v) is 1.93. The lowest BCUT2D eigenvalue weighted by Gasteiger charge is -1.91. The predicted octanol–water partition coefficient (Wildman–Crippen LogP) is 3.36. The Morgan fingerprint density at radius 1 is 1.37 bits per heavy atom. The number of para-hydroxylation sites is 1. The fourth-order valence-electron chi connectivity index (χ4n) is 1.93. The number of nitrogens with zero attached hydrogens (tertiary/aromatic N) is 1. The molecule has 0 bridgehead atoms. The number of aromatic nitrogens is 2. The molecule has 0 fully saturated rings. The van der Waals surface area contributed by atoms with Gasteiger partial charge in [-0.1, -0.05) is 18.2 Å². The van der Waals surface area contributed by atoms with Gasteiger partial charge in [0.05, 0.1) is 5.56 Å². The van der Waals surface area contributed by atoms with Crippen molar-refractivity contribution >= 4 is 22.8 Å². The molecule has 0 radical (unpaired) electrons. The first-order valence-corrected chi connectivity index (χ1v) is 5.94. The third kappa shape index (κ3) is 2.20. The molecule has 3 rings (SSSR count). The first kappa shape index (κ1) is 11.5. The van der Waals surface area contributed by atoms with Gasteiger partial charge in [-0.2, -0.15) is 0 Å². The first-order chi connectivity index (χ1) is 9.24. The number of ketones is 1. The van der Waals surface area contributed by atoms with Crippen molar-refractivity contribution in [2.24, 2.45) is 0 Å². The molecule has 0 atom stereocenters. The zero-order valence-corrected chi connectivity index (χ0v) is 10.4. The Hall–Kier alpha value is -2.62. The topological polar surface area (TPSA) is 58.9 Å². The Balaban J connectivity index is 1.90. The number of furan rings is 1. The second-order valence-electron chi connectivity index (χ2n) is 4.29. The SMILES string of the molecule is Cc1cnc(C=CC(=O)c2coc3ccccc23)[nH]1. The van der Waals surface area contributed by atoms with Gasteiger partial charge in [-0.15, -0.1) is 0 Å². The highest BCUT2D eigenvalue weighted by Gasteiger charge is 2.10. The minimum absolute atomic E-state index is 0.0981. The minimum Gasteiger partial charge on any atom is -0.464 e. The number of benzene rings is 1. The molecule has 4 nitrogen and oxygen atoms in total. The van der Waals surface area contributed by atoms with Gasteiger partial charge in [-0.3, -0.25) is 4.79 Å². The number of carbonyl (C=O) groups excluding carboxylic acids is 1. The van der Waals surface area contributed by atoms with Crippen LogP contribution in [0.4, 0.5) is 0 Å². The van der Waals surface area contributed by atoms with E-state index in [0.717, 1.165) is 11.1 Å². The van der Waals surface area contributed by atoms with Crippen molar-refractivity contribution in [2.45, 2.75) is 6.92 Å². The number of rotatable bonds is 3. The quantitative estimate of drug-likeness (QED) is 0.574. The van der Waals surface area contributed by atoms with E-state index in [4.69, 9.17) is 4.42 Å². The van der Waals surface area contributed by atoms with Crippen LogP contribution in [0.2, 0.25) is 0 Å². The van der Waals surface area contributed by atoms with Crippen molar-refractivity contribution in [2.75, 3.05) is 0 Å². The Morgan fingerprint density at radius 2 is 2.21 bits per heavy atom. The van der Waals surface area contributed by atoms with Crippen LogP contribution in [0, 0.1) is 6.92 Å². The number of fused-ring (bicyclic) bond motifs is 1. The molecular formula is C15H12N2O2. The Labute approximate surface area is 109 Å². The summed E-state index contributed by atoms with van der Waals surface area (Å²) in [7, 11) is 0. The molecule has 94 valence electrons. The van der Waals surface area contributed by atoms with E-state index in [-0.39, 0.29) is 5.78 Å². The molecule has 2 aromatic heterocycles. The van der Waals surface area contributed by atoms with Crippen LogP contribution in [0.15, 0.2) is 47.2 Å². The lowest BCUT2D eigenvalue weighted by Crippen LogP contribution is -1.92. The smallest absolute Gasteiger partial charge is 0.189 e. The van der Waals surface area contributed by atoms with E-state index < -0.39 is 0 Å². The summed E-state index contributed by atoms with van der Waals surface area (Å²) in [5.41, 5.74) is 2.24. The average molecular weight is 252 g/mol. The summed E-state index contributed by atoms with van der Waals surface area (Å²) < 4.78 is 5.35. The Morgan fingerprint density at radius 3 is 3.00 bits per heavy atom. The van der Waals surface area contributed by atoms with Gasteiger partial charge in [-0.05, 0) is 25.1 Å². The van der Waals surface area contributed by atoms with Gasteiger partial charge in [-0.25, -0.2) is 4.98 Å². The van der Waals surface area contributed by atoms with Crippen LogP contribution < -0.4 is 0 Å². The molecule has 0 unspecified atom stereocenters. The average Bonchev–Trinajstić information content (AvgIpc) is 3.02. The van der Waals surface area contributed by atoms with Gasteiger partial charge in [0.25, 0.3) is 0 Å². The standard InChI is InChI=1S/C15H12N2O2/c1-10-8-16-15(17-10)7-6-13(18)12-9-19-14-5-3-2-4-11(12)14/h2-9H,1H3,(H,16,17). The maximum atomic E-state index is 12.1. The number of H-pyrrole nitrogens is 1. The number of allylic oxidation sites excluding steroid dienone is 1. The minimum atomic E-state index is -0.0981. The number of hydrogen-bond donors (Lipinski definition) is 1. The van der Waals surface area contributed by atoms with Crippen LogP contribution in [0.3, 0.4) is 0 Å². The van der Waals surface area contributed by atoms with Crippen molar-refractivity contribution in [3.8, 4) is 0 Å². The van der Waals surface area contributed by atoms with E-state index in [1.54, 1.807) is 12.3 Å². The van der Waals surface area contributed by atoms with Crippen molar-refractivity contribution in [1.29, 1.82) is 0 Å². The summed E-state index contributed by atoms with van der Waals surface area (Å²) in [6, 6.07) is 7.47. The molecule has 2 heterocycles. The largest absolute Gasteiger partial charge is 0.464 e. The molecule has 0 spiro atoms. The summed E-state index contributed by atoms with van der Waals surface area (Å²) in [6.45, 7) is 1.91. The third-order valence-corrected chi connectivity index (χ3v) is 2.86. The van der Waals surface area contributed by atoms with Crippen molar-refractivity contribution in [3.63, 3.8) is 0 Å². The van der Waals surface area contributed by atoms with Gasteiger partial charge < -0.3 is 9.40 Å². The van der Waals surface area contributed by atoms with Gasteiger partial charge in [0.15, 0.2) is 5.78 Å². The highest BCUT2D eigenvalue weighted by Crippen LogP contribution is 2.21. The summed E-state index contributed by atoms with van der Waals surface area (Å²) in [6.07, 6.45) is 6.37. The summed E-state index contributed by atoms with van der Waals surface area (Å²) >= 11 is 0. The van der Waals surface area contributed by atoms with E-state index >= 15 is 0 Å². The van der Waals surface area contributed by atoms with Crippen LogP contribution >= 0.6 is 0 Å². The van der Waals surface area contributed by atoms with Crippen molar-refractivity contribution in [1.82, 2.24) is 9.97 Å². The number of imidazole rings is 1. The van der Waals surface area contributed by atoms with Crippen molar-refractivity contribution < 1.29 is 9.21 Å². The van der Waals surface area contributed by atoms with Gasteiger partial charge in [0, 0.05) is 17.3 Å². The molecule has 0 saturated heterocycles. The molecule has 19 heavy (non-hydrogen) atoms. The second kappa shape index (κ2) is 4.57. The Kier molecular flexibility index (Phi) is 2.76. The Bertz CT molecular complexity index is 765. The highest BCUT2D eigenvalue weighted by atomic mass is 16.3. The van der Waals surface area contributed by atoms with E-state index in [1.807, 2.05) is 31.2 Å². The van der Waals surface area contributed by atoms with E-state index in [0.29, 0.717) is 17.0 Å². The molecule has 4 heteroatoms. The molecule has 3 aromatic rings. The molecule has 1 N–H and O–H groups in total. The molecule has 0 amide bonds. The molecule has 1 aromatic carbocycles. The normalized spacial score (nSPS) is 11.4. The van der Waals surface area contributed by atoms with Crippen LogP contribution in [0.5, 0.6) is 0 Å².